The number of imidazole rings is 1. The van der Waals surface area contributed by atoms with Crippen molar-refractivity contribution in [2.24, 2.45) is 0 Å². The van der Waals surface area contributed by atoms with Crippen molar-refractivity contribution in [3.8, 4) is 0 Å². The monoisotopic (exact) mass is 367 g/mol. The van der Waals surface area contributed by atoms with Crippen molar-refractivity contribution in [2.45, 2.75) is 53.6 Å². The summed E-state index contributed by atoms with van der Waals surface area (Å²) in [5.74, 6) is 0.259. The third-order valence-electron chi connectivity index (χ3n) is 4.57. The third kappa shape index (κ3) is 3.49. The molecule has 7 heteroatoms. The number of nitrogens with zero attached hydrogens (tertiary/aromatic N) is 4. The number of fused-ring (bicyclic) bond motifs is 1. The number of nitrogens with one attached hydrogen (secondary N) is 1. The number of carbonyl (C=O) groups is 2. The lowest BCUT2D eigenvalue weighted by atomic mass is 10.1. The van der Waals surface area contributed by atoms with Gasteiger partial charge in [-0.1, -0.05) is 13.8 Å². The maximum atomic E-state index is 12.8. The van der Waals surface area contributed by atoms with Gasteiger partial charge in [-0.2, -0.15) is 5.10 Å². The average Bonchev–Trinajstić information content (AvgIpc) is 3.21. The number of amides is 1. The molecule has 0 aliphatic carbocycles. The molecule has 1 amide bonds. The van der Waals surface area contributed by atoms with Crippen LogP contribution in [0.25, 0.3) is 11.0 Å². The zero-order valence-electron chi connectivity index (χ0n) is 16.2. The zero-order valence-corrected chi connectivity index (χ0v) is 16.2. The van der Waals surface area contributed by atoms with Crippen molar-refractivity contribution in [3.63, 3.8) is 0 Å². The molecule has 0 saturated heterocycles. The van der Waals surface area contributed by atoms with E-state index in [0.29, 0.717) is 23.8 Å². The second-order valence-electron chi connectivity index (χ2n) is 6.55. The Labute approximate surface area is 158 Å². The summed E-state index contributed by atoms with van der Waals surface area (Å²) in [7, 11) is 0. The topological polar surface area (TPSA) is 81.8 Å². The number of aryl methyl sites for hydroxylation is 4. The number of anilines is 1. The molecule has 27 heavy (non-hydrogen) atoms. The Morgan fingerprint density at radius 2 is 2.00 bits per heavy atom. The van der Waals surface area contributed by atoms with Crippen LogP contribution >= 0.6 is 0 Å². The van der Waals surface area contributed by atoms with Gasteiger partial charge < -0.3 is 4.57 Å². The summed E-state index contributed by atoms with van der Waals surface area (Å²) >= 11 is 0. The van der Waals surface area contributed by atoms with Crippen LogP contribution in [0, 0.1) is 6.92 Å². The molecule has 2 heterocycles. The highest BCUT2D eigenvalue weighted by Gasteiger charge is 2.19. The van der Waals surface area contributed by atoms with Crippen LogP contribution in [0.4, 0.5) is 5.95 Å². The second-order valence-corrected chi connectivity index (χ2v) is 6.55. The van der Waals surface area contributed by atoms with Crippen LogP contribution in [0.15, 0.2) is 18.2 Å². The fraction of sp³-hybridized carbons (Fsp3) is 0.400. The van der Waals surface area contributed by atoms with Gasteiger partial charge in [0.05, 0.1) is 16.7 Å². The molecule has 0 spiro atoms. The molecule has 2 aromatic heterocycles. The molecule has 1 aromatic carbocycles. The van der Waals surface area contributed by atoms with Gasteiger partial charge in [0.1, 0.15) is 12.0 Å². The summed E-state index contributed by atoms with van der Waals surface area (Å²) in [5, 5.41) is 7.27. The van der Waals surface area contributed by atoms with Crippen LogP contribution < -0.4 is 5.32 Å². The number of aldehydes is 1. The van der Waals surface area contributed by atoms with E-state index < -0.39 is 0 Å². The Hall–Kier alpha value is -2.96. The zero-order chi connectivity index (χ0) is 19.6. The first kappa shape index (κ1) is 18.8. The van der Waals surface area contributed by atoms with Gasteiger partial charge in [-0.15, -0.1) is 0 Å². The lowest BCUT2D eigenvalue weighted by Crippen LogP contribution is -2.20. The number of aromatic nitrogens is 4. The third-order valence-corrected chi connectivity index (χ3v) is 4.57. The molecule has 0 bridgehead atoms. The molecule has 3 aromatic rings. The van der Waals surface area contributed by atoms with E-state index in [2.05, 4.69) is 22.3 Å². The number of rotatable bonds is 7. The van der Waals surface area contributed by atoms with Gasteiger partial charge in [0, 0.05) is 18.7 Å². The number of hydrogen-bond acceptors (Lipinski definition) is 4. The molecule has 142 valence electrons. The molecule has 0 aliphatic rings. The van der Waals surface area contributed by atoms with Crippen LogP contribution in [0.1, 0.15) is 59.3 Å². The number of hydrogen-bond donors (Lipinski definition) is 1. The van der Waals surface area contributed by atoms with Gasteiger partial charge in [-0.3, -0.25) is 19.6 Å². The molecule has 1 N–H and O–H groups in total. The van der Waals surface area contributed by atoms with E-state index in [1.54, 1.807) is 16.8 Å². The molecule has 7 nitrogen and oxygen atoms in total. The van der Waals surface area contributed by atoms with Gasteiger partial charge in [0.2, 0.25) is 5.95 Å². The normalized spacial score (nSPS) is 11.1. The summed E-state index contributed by atoms with van der Waals surface area (Å²) < 4.78 is 3.71. The van der Waals surface area contributed by atoms with Crippen LogP contribution in [0.3, 0.4) is 0 Å². The lowest BCUT2D eigenvalue weighted by molar-refractivity contribution is 0.101. The molecular formula is C20H25N5O2. The average molecular weight is 367 g/mol. The van der Waals surface area contributed by atoms with E-state index in [1.165, 1.54) is 0 Å². The van der Waals surface area contributed by atoms with Gasteiger partial charge >= 0.3 is 0 Å². The minimum absolute atomic E-state index is 0.237. The molecule has 0 aliphatic heterocycles. The fourth-order valence-electron chi connectivity index (χ4n) is 3.39. The first-order valence-corrected chi connectivity index (χ1v) is 9.36. The Morgan fingerprint density at radius 1 is 1.22 bits per heavy atom. The highest BCUT2D eigenvalue weighted by atomic mass is 16.2. The smallest absolute Gasteiger partial charge is 0.276 e. The maximum absolute atomic E-state index is 12.8. The lowest BCUT2D eigenvalue weighted by Gasteiger charge is -2.11. The van der Waals surface area contributed by atoms with E-state index in [1.807, 2.05) is 31.4 Å². The van der Waals surface area contributed by atoms with E-state index in [-0.39, 0.29) is 5.91 Å². The standard InChI is InChI=1S/C20H25N5O2/c1-5-8-24-18-15(6-2)10-14(12-26)11-16(18)21-20(24)22-19(27)17-9-13(4)23-25(17)7-3/h9-12H,5-8H2,1-4H3,(H,21,22,27). The van der Waals surface area contributed by atoms with E-state index in [9.17, 15) is 9.59 Å². The maximum Gasteiger partial charge on any atom is 0.276 e. The first-order valence-electron chi connectivity index (χ1n) is 9.36. The Kier molecular flexibility index (Phi) is 5.39. The van der Waals surface area contributed by atoms with Gasteiger partial charge in [-0.25, -0.2) is 4.98 Å². The van der Waals surface area contributed by atoms with E-state index in [0.717, 1.165) is 48.0 Å². The molecule has 0 unspecified atom stereocenters. The predicted molar refractivity (Wildman–Crippen MR) is 105 cm³/mol. The molecule has 0 saturated carbocycles. The molecule has 0 fully saturated rings. The van der Waals surface area contributed by atoms with Gasteiger partial charge in [-0.05, 0) is 50.5 Å². The fourth-order valence-corrected chi connectivity index (χ4v) is 3.39. The van der Waals surface area contributed by atoms with Crippen LogP contribution in [-0.4, -0.2) is 31.5 Å². The number of benzene rings is 1. The largest absolute Gasteiger partial charge is 0.310 e. The summed E-state index contributed by atoms with van der Waals surface area (Å²) in [4.78, 5) is 28.7. The SMILES string of the molecule is CCCn1c(NC(=O)c2cc(C)nn2CC)nc2cc(C=O)cc(CC)c21. The Balaban J connectivity index is 2.08. The molecular weight excluding hydrogens is 342 g/mol. The molecule has 0 atom stereocenters. The highest BCUT2D eigenvalue weighted by molar-refractivity contribution is 6.03. The first-order chi connectivity index (χ1) is 13.0. The predicted octanol–water partition coefficient (Wildman–Crippen LogP) is 3.60. The minimum atomic E-state index is -0.237. The van der Waals surface area contributed by atoms with E-state index >= 15 is 0 Å². The van der Waals surface area contributed by atoms with Crippen molar-refractivity contribution in [2.75, 3.05) is 5.32 Å². The van der Waals surface area contributed by atoms with Crippen molar-refractivity contribution in [1.29, 1.82) is 0 Å². The van der Waals surface area contributed by atoms with Crippen LogP contribution in [-0.2, 0) is 19.5 Å². The van der Waals surface area contributed by atoms with Crippen molar-refractivity contribution in [1.82, 2.24) is 19.3 Å². The summed E-state index contributed by atoms with van der Waals surface area (Å²) in [6, 6.07) is 5.43. The van der Waals surface area contributed by atoms with Crippen molar-refractivity contribution in [3.05, 3.63) is 40.7 Å². The Morgan fingerprint density at radius 3 is 2.63 bits per heavy atom. The molecule has 3 rings (SSSR count). The number of carbonyl (C=O) groups excluding carboxylic acids is 2. The van der Waals surface area contributed by atoms with Gasteiger partial charge in [0.25, 0.3) is 5.91 Å². The second kappa shape index (κ2) is 7.73. The van der Waals surface area contributed by atoms with Crippen molar-refractivity contribution >= 4 is 29.2 Å². The van der Waals surface area contributed by atoms with Crippen LogP contribution in [0.2, 0.25) is 0 Å². The Bertz CT molecular complexity index is 1000. The summed E-state index contributed by atoms with van der Waals surface area (Å²) in [6.07, 6.45) is 2.51. The highest BCUT2D eigenvalue weighted by Crippen LogP contribution is 2.26. The van der Waals surface area contributed by atoms with Crippen LogP contribution in [0.5, 0.6) is 0 Å². The van der Waals surface area contributed by atoms with Crippen molar-refractivity contribution < 1.29 is 9.59 Å². The summed E-state index contributed by atoms with van der Waals surface area (Å²) in [5.41, 5.74) is 4.65. The minimum Gasteiger partial charge on any atom is -0.310 e. The molecule has 0 radical (unpaired) electrons. The quantitative estimate of drug-likeness (QED) is 0.647. The van der Waals surface area contributed by atoms with Gasteiger partial charge in [0.15, 0.2) is 0 Å². The summed E-state index contributed by atoms with van der Waals surface area (Å²) in [6.45, 7) is 9.29. The van der Waals surface area contributed by atoms with E-state index in [4.69, 9.17) is 0 Å².